The molecule has 1 heterocycles. The SMILES string of the molecule is CC(C)c1ncsc1CNC(C)(C)C. The van der Waals surface area contributed by atoms with Crippen molar-refractivity contribution in [2.75, 3.05) is 0 Å². The molecule has 14 heavy (non-hydrogen) atoms. The van der Waals surface area contributed by atoms with Crippen LogP contribution in [0.25, 0.3) is 0 Å². The fourth-order valence-electron chi connectivity index (χ4n) is 1.23. The van der Waals surface area contributed by atoms with Crippen LogP contribution >= 0.6 is 11.3 Å². The highest BCUT2D eigenvalue weighted by Crippen LogP contribution is 2.21. The van der Waals surface area contributed by atoms with Crippen molar-refractivity contribution in [2.45, 2.75) is 52.6 Å². The highest BCUT2D eigenvalue weighted by atomic mass is 32.1. The Bertz CT molecular complexity index is 284. The van der Waals surface area contributed by atoms with Crippen molar-refractivity contribution in [2.24, 2.45) is 0 Å². The Balaban J connectivity index is 2.63. The van der Waals surface area contributed by atoms with Crippen LogP contribution in [-0.2, 0) is 6.54 Å². The number of hydrogen-bond donors (Lipinski definition) is 1. The third-order valence-electron chi connectivity index (χ3n) is 2.00. The monoisotopic (exact) mass is 212 g/mol. The lowest BCUT2D eigenvalue weighted by Gasteiger charge is -2.20. The largest absolute Gasteiger partial charge is 0.307 e. The molecule has 0 spiro atoms. The topological polar surface area (TPSA) is 24.9 Å². The Kier molecular flexibility index (Phi) is 3.67. The molecule has 80 valence electrons. The molecule has 0 saturated carbocycles. The lowest BCUT2D eigenvalue weighted by molar-refractivity contribution is 0.425. The highest BCUT2D eigenvalue weighted by molar-refractivity contribution is 7.09. The molecule has 3 heteroatoms. The minimum absolute atomic E-state index is 0.179. The summed E-state index contributed by atoms with van der Waals surface area (Å²) in [7, 11) is 0. The molecule has 0 aliphatic heterocycles. The summed E-state index contributed by atoms with van der Waals surface area (Å²) in [5.74, 6) is 0.526. The van der Waals surface area contributed by atoms with Crippen molar-refractivity contribution in [1.29, 1.82) is 0 Å². The van der Waals surface area contributed by atoms with Gasteiger partial charge in [0.25, 0.3) is 0 Å². The maximum absolute atomic E-state index is 4.39. The molecule has 1 N–H and O–H groups in total. The average Bonchev–Trinajstić information content (AvgIpc) is 2.46. The first-order valence-electron chi connectivity index (χ1n) is 5.07. The van der Waals surface area contributed by atoms with E-state index in [0.717, 1.165) is 6.54 Å². The molecule has 2 nitrogen and oxygen atoms in total. The van der Waals surface area contributed by atoms with E-state index in [1.165, 1.54) is 10.6 Å². The maximum Gasteiger partial charge on any atom is 0.0798 e. The molecule has 0 unspecified atom stereocenters. The quantitative estimate of drug-likeness (QED) is 0.832. The van der Waals surface area contributed by atoms with Gasteiger partial charge in [0, 0.05) is 17.0 Å². The van der Waals surface area contributed by atoms with Crippen LogP contribution < -0.4 is 5.32 Å². The van der Waals surface area contributed by atoms with E-state index >= 15 is 0 Å². The zero-order chi connectivity index (χ0) is 10.8. The molecule has 1 rings (SSSR count). The van der Waals surface area contributed by atoms with Gasteiger partial charge in [-0.1, -0.05) is 13.8 Å². The van der Waals surface area contributed by atoms with Gasteiger partial charge in [0.05, 0.1) is 11.2 Å². The van der Waals surface area contributed by atoms with E-state index in [9.17, 15) is 0 Å². The first-order chi connectivity index (χ1) is 6.40. The predicted molar refractivity (Wildman–Crippen MR) is 62.8 cm³/mol. The Morgan fingerprint density at radius 2 is 2.07 bits per heavy atom. The number of nitrogens with one attached hydrogen (secondary N) is 1. The number of aromatic nitrogens is 1. The number of rotatable bonds is 3. The molecular formula is C11H20N2S. The fraction of sp³-hybridized carbons (Fsp3) is 0.727. The van der Waals surface area contributed by atoms with Gasteiger partial charge in [0.1, 0.15) is 0 Å². The van der Waals surface area contributed by atoms with Gasteiger partial charge in [-0.25, -0.2) is 4.98 Å². The molecule has 1 aromatic heterocycles. The van der Waals surface area contributed by atoms with Crippen molar-refractivity contribution in [1.82, 2.24) is 10.3 Å². The lowest BCUT2D eigenvalue weighted by atomic mass is 10.1. The summed E-state index contributed by atoms with van der Waals surface area (Å²) in [4.78, 5) is 5.77. The maximum atomic E-state index is 4.39. The minimum atomic E-state index is 0.179. The van der Waals surface area contributed by atoms with E-state index in [1.807, 2.05) is 5.51 Å². The van der Waals surface area contributed by atoms with Crippen LogP contribution in [0.1, 0.15) is 51.1 Å². The van der Waals surface area contributed by atoms with Crippen LogP contribution in [0.5, 0.6) is 0 Å². The Hall–Kier alpha value is -0.410. The number of hydrogen-bond acceptors (Lipinski definition) is 3. The van der Waals surface area contributed by atoms with E-state index in [1.54, 1.807) is 11.3 Å². The summed E-state index contributed by atoms with van der Waals surface area (Å²) in [6.07, 6.45) is 0. The molecule has 0 bridgehead atoms. The van der Waals surface area contributed by atoms with E-state index in [4.69, 9.17) is 0 Å². The lowest BCUT2D eigenvalue weighted by Crippen LogP contribution is -2.35. The molecular weight excluding hydrogens is 192 g/mol. The van der Waals surface area contributed by atoms with E-state index in [0.29, 0.717) is 5.92 Å². The smallest absolute Gasteiger partial charge is 0.0798 e. The van der Waals surface area contributed by atoms with Crippen LogP contribution in [0.3, 0.4) is 0 Å². The molecule has 0 aliphatic rings. The highest BCUT2D eigenvalue weighted by Gasteiger charge is 2.13. The molecule has 0 saturated heterocycles. The molecule has 0 amide bonds. The van der Waals surface area contributed by atoms with Gasteiger partial charge >= 0.3 is 0 Å². The van der Waals surface area contributed by atoms with Gasteiger partial charge in [-0.2, -0.15) is 0 Å². The van der Waals surface area contributed by atoms with Crippen molar-refractivity contribution in [3.05, 3.63) is 16.1 Å². The third-order valence-corrected chi connectivity index (χ3v) is 2.85. The Morgan fingerprint density at radius 1 is 1.43 bits per heavy atom. The second-order valence-corrected chi connectivity index (χ2v) is 5.86. The van der Waals surface area contributed by atoms with Crippen LogP contribution in [0, 0.1) is 0 Å². The van der Waals surface area contributed by atoms with Crippen molar-refractivity contribution in [3.8, 4) is 0 Å². The fourth-order valence-corrected chi connectivity index (χ4v) is 2.09. The summed E-state index contributed by atoms with van der Waals surface area (Å²) in [5.41, 5.74) is 3.36. The second-order valence-electron chi connectivity index (χ2n) is 4.92. The van der Waals surface area contributed by atoms with Gasteiger partial charge in [-0.3, -0.25) is 0 Å². The van der Waals surface area contributed by atoms with Gasteiger partial charge < -0.3 is 5.32 Å². The first kappa shape index (κ1) is 11.7. The van der Waals surface area contributed by atoms with Crippen LogP contribution in [-0.4, -0.2) is 10.5 Å². The summed E-state index contributed by atoms with van der Waals surface area (Å²) in [6, 6.07) is 0. The standard InChI is InChI=1S/C11H20N2S/c1-8(2)10-9(14-7-12-10)6-13-11(3,4)5/h7-8,13H,6H2,1-5H3. The predicted octanol–water partition coefficient (Wildman–Crippen LogP) is 3.15. The van der Waals surface area contributed by atoms with E-state index < -0.39 is 0 Å². The summed E-state index contributed by atoms with van der Waals surface area (Å²) < 4.78 is 0. The van der Waals surface area contributed by atoms with Crippen molar-refractivity contribution < 1.29 is 0 Å². The van der Waals surface area contributed by atoms with Gasteiger partial charge in [0.2, 0.25) is 0 Å². The van der Waals surface area contributed by atoms with E-state index in [-0.39, 0.29) is 5.54 Å². The van der Waals surface area contributed by atoms with Crippen molar-refractivity contribution >= 4 is 11.3 Å². The summed E-state index contributed by atoms with van der Waals surface area (Å²) in [6.45, 7) is 11.9. The summed E-state index contributed by atoms with van der Waals surface area (Å²) in [5, 5.41) is 3.49. The van der Waals surface area contributed by atoms with Crippen LogP contribution in [0.4, 0.5) is 0 Å². The third kappa shape index (κ3) is 3.39. The molecule has 0 radical (unpaired) electrons. The zero-order valence-electron chi connectivity index (χ0n) is 9.72. The van der Waals surface area contributed by atoms with Crippen LogP contribution in [0.15, 0.2) is 5.51 Å². The van der Waals surface area contributed by atoms with Gasteiger partial charge in [-0.05, 0) is 26.7 Å². The second kappa shape index (κ2) is 4.41. The molecule has 1 aromatic rings. The normalized spacial score (nSPS) is 12.4. The molecule has 0 aliphatic carbocycles. The zero-order valence-corrected chi connectivity index (χ0v) is 10.5. The molecule has 0 fully saturated rings. The Labute approximate surface area is 90.8 Å². The van der Waals surface area contributed by atoms with Crippen molar-refractivity contribution in [3.63, 3.8) is 0 Å². The van der Waals surface area contributed by atoms with Gasteiger partial charge in [0.15, 0.2) is 0 Å². The van der Waals surface area contributed by atoms with E-state index in [2.05, 4.69) is 44.9 Å². The molecule has 0 atom stereocenters. The number of nitrogens with zero attached hydrogens (tertiary/aromatic N) is 1. The van der Waals surface area contributed by atoms with Crippen LogP contribution in [0.2, 0.25) is 0 Å². The Morgan fingerprint density at radius 3 is 2.57 bits per heavy atom. The molecule has 0 aromatic carbocycles. The summed E-state index contributed by atoms with van der Waals surface area (Å²) >= 11 is 1.74. The minimum Gasteiger partial charge on any atom is -0.307 e. The van der Waals surface area contributed by atoms with Gasteiger partial charge in [-0.15, -0.1) is 11.3 Å². The average molecular weight is 212 g/mol. The first-order valence-corrected chi connectivity index (χ1v) is 5.95. The number of thiazole rings is 1.